The van der Waals surface area contributed by atoms with Crippen LogP contribution in [0.3, 0.4) is 0 Å². The van der Waals surface area contributed by atoms with Gasteiger partial charge in [-0.05, 0) is 24.1 Å². The largest absolute Gasteiger partial charge is 0.465 e. The number of anilines is 1. The van der Waals surface area contributed by atoms with Gasteiger partial charge in [0.1, 0.15) is 0 Å². The van der Waals surface area contributed by atoms with E-state index in [2.05, 4.69) is 11.0 Å². The maximum Gasteiger partial charge on any atom is 0.407 e. The van der Waals surface area contributed by atoms with Crippen LogP contribution in [0.2, 0.25) is 0 Å². The molecule has 0 aromatic heterocycles. The topological polar surface area (TPSA) is 69.8 Å². The molecule has 0 aliphatic carbocycles. The molecule has 0 spiro atoms. The fourth-order valence-electron chi connectivity index (χ4n) is 2.14. The molecule has 1 heterocycles. The molecule has 98 valence electrons. The first-order valence-corrected chi connectivity index (χ1v) is 6.11. The minimum atomic E-state index is -0.825. The molecule has 1 aliphatic rings. The Morgan fingerprint density at radius 2 is 2.00 bits per heavy atom. The summed E-state index contributed by atoms with van der Waals surface area (Å²) in [4.78, 5) is 14.5. The Balaban J connectivity index is 1.91. The molecule has 1 saturated heterocycles. The molecule has 1 aliphatic heterocycles. The Morgan fingerprint density at radius 1 is 1.33 bits per heavy atom. The van der Waals surface area contributed by atoms with Crippen molar-refractivity contribution in [2.24, 2.45) is 0 Å². The molecule has 3 N–H and O–H groups in total. The SMILES string of the molecule is Cc1ccc(CN2CCN(C(=O)O)CC2)cc1N. The van der Waals surface area contributed by atoms with Crippen LogP contribution in [0.25, 0.3) is 0 Å². The highest BCUT2D eigenvalue weighted by Crippen LogP contribution is 2.15. The monoisotopic (exact) mass is 249 g/mol. The molecular weight excluding hydrogens is 230 g/mol. The molecule has 1 fully saturated rings. The minimum absolute atomic E-state index is 0.580. The first-order chi connectivity index (χ1) is 8.56. The number of piperazine rings is 1. The second-order valence-corrected chi connectivity index (χ2v) is 4.74. The maximum absolute atomic E-state index is 10.8. The normalized spacial score (nSPS) is 16.8. The maximum atomic E-state index is 10.8. The number of benzene rings is 1. The van der Waals surface area contributed by atoms with Crippen LogP contribution in [0.1, 0.15) is 11.1 Å². The lowest BCUT2D eigenvalue weighted by molar-refractivity contribution is 0.103. The first kappa shape index (κ1) is 12.7. The van der Waals surface area contributed by atoms with Gasteiger partial charge in [-0.2, -0.15) is 0 Å². The third-order valence-electron chi connectivity index (χ3n) is 3.39. The van der Waals surface area contributed by atoms with Gasteiger partial charge >= 0.3 is 6.09 Å². The summed E-state index contributed by atoms with van der Waals surface area (Å²) in [5.74, 6) is 0. The number of amides is 1. The van der Waals surface area contributed by atoms with Gasteiger partial charge in [0.25, 0.3) is 0 Å². The van der Waals surface area contributed by atoms with Crippen molar-refractivity contribution < 1.29 is 9.90 Å². The minimum Gasteiger partial charge on any atom is -0.465 e. The lowest BCUT2D eigenvalue weighted by Gasteiger charge is -2.33. The second kappa shape index (κ2) is 5.27. The summed E-state index contributed by atoms with van der Waals surface area (Å²) in [5.41, 5.74) is 8.97. The molecule has 5 heteroatoms. The lowest BCUT2D eigenvalue weighted by atomic mass is 10.1. The number of rotatable bonds is 2. The van der Waals surface area contributed by atoms with Crippen LogP contribution in [0.4, 0.5) is 10.5 Å². The predicted octanol–water partition coefficient (Wildman–Crippen LogP) is 1.37. The Bertz CT molecular complexity index is 440. The molecule has 0 bridgehead atoms. The molecule has 18 heavy (non-hydrogen) atoms. The molecule has 1 aromatic rings. The van der Waals surface area contributed by atoms with Gasteiger partial charge in [0.15, 0.2) is 0 Å². The summed E-state index contributed by atoms with van der Waals surface area (Å²) in [6.07, 6.45) is -0.825. The van der Waals surface area contributed by atoms with Crippen molar-refractivity contribution in [3.63, 3.8) is 0 Å². The first-order valence-electron chi connectivity index (χ1n) is 6.11. The molecule has 0 radical (unpaired) electrons. The molecule has 1 aromatic carbocycles. The Hall–Kier alpha value is -1.75. The van der Waals surface area contributed by atoms with Crippen molar-refractivity contribution in [3.05, 3.63) is 29.3 Å². The zero-order chi connectivity index (χ0) is 13.1. The highest BCUT2D eigenvalue weighted by atomic mass is 16.4. The van der Waals surface area contributed by atoms with Gasteiger partial charge in [0, 0.05) is 38.4 Å². The quantitative estimate of drug-likeness (QED) is 0.777. The third kappa shape index (κ3) is 2.92. The molecule has 0 atom stereocenters. The van der Waals surface area contributed by atoms with Gasteiger partial charge in [-0.15, -0.1) is 0 Å². The van der Waals surface area contributed by atoms with E-state index in [0.717, 1.165) is 30.9 Å². The second-order valence-electron chi connectivity index (χ2n) is 4.74. The van der Waals surface area contributed by atoms with Crippen molar-refractivity contribution in [1.82, 2.24) is 9.80 Å². The predicted molar refractivity (Wildman–Crippen MR) is 70.5 cm³/mol. The van der Waals surface area contributed by atoms with Crippen molar-refractivity contribution in [1.29, 1.82) is 0 Å². The van der Waals surface area contributed by atoms with E-state index in [1.165, 1.54) is 10.5 Å². The van der Waals surface area contributed by atoms with E-state index in [1.54, 1.807) is 0 Å². The van der Waals surface area contributed by atoms with Crippen LogP contribution in [0.15, 0.2) is 18.2 Å². The molecule has 2 rings (SSSR count). The van der Waals surface area contributed by atoms with E-state index in [9.17, 15) is 4.79 Å². The molecular formula is C13H19N3O2. The number of hydrogen-bond acceptors (Lipinski definition) is 3. The number of nitrogens with two attached hydrogens (primary N) is 1. The van der Waals surface area contributed by atoms with Gasteiger partial charge in [-0.1, -0.05) is 12.1 Å². The van der Waals surface area contributed by atoms with Crippen molar-refractivity contribution in [2.75, 3.05) is 31.9 Å². The van der Waals surface area contributed by atoms with E-state index < -0.39 is 6.09 Å². The number of hydrogen-bond donors (Lipinski definition) is 2. The van der Waals surface area contributed by atoms with Crippen LogP contribution >= 0.6 is 0 Å². The Kier molecular flexibility index (Phi) is 3.72. The Labute approximate surface area is 107 Å². The number of aryl methyl sites for hydroxylation is 1. The number of nitrogens with zero attached hydrogens (tertiary/aromatic N) is 2. The fourth-order valence-corrected chi connectivity index (χ4v) is 2.14. The molecule has 1 amide bonds. The molecule has 0 saturated carbocycles. The van der Waals surface area contributed by atoms with E-state index in [0.29, 0.717) is 13.1 Å². The van der Waals surface area contributed by atoms with Gasteiger partial charge in [-0.3, -0.25) is 4.90 Å². The zero-order valence-electron chi connectivity index (χ0n) is 10.6. The van der Waals surface area contributed by atoms with Crippen LogP contribution in [0, 0.1) is 6.92 Å². The average Bonchev–Trinajstić information content (AvgIpc) is 2.34. The summed E-state index contributed by atoms with van der Waals surface area (Å²) in [7, 11) is 0. The summed E-state index contributed by atoms with van der Waals surface area (Å²) < 4.78 is 0. The van der Waals surface area contributed by atoms with Gasteiger partial charge in [0.2, 0.25) is 0 Å². The van der Waals surface area contributed by atoms with E-state index in [1.807, 2.05) is 19.1 Å². The van der Waals surface area contributed by atoms with Gasteiger partial charge < -0.3 is 15.7 Å². The molecule has 5 nitrogen and oxygen atoms in total. The van der Waals surface area contributed by atoms with E-state index in [4.69, 9.17) is 10.8 Å². The van der Waals surface area contributed by atoms with Crippen LogP contribution < -0.4 is 5.73 Å². The summed E-state index contributed by atoms with van der Waals surface area (Å²) in [6.45, 7) is 5.54. The van der Waals surface area contributed by atoms with Crippen molar-refractivity contribution in [3.8, 4) is 0 Å². The summed E-state index contributed by atoms with van der Waals surface area (Å²) in [5, 5.41) is 8.87. The average molecular weight is 249 g/mol. The van der Waals surface area contributed by atoms with Gasteiger partial charge in [0.05, 0.1) is 0 Å². The molecule has 0 unspecified atom stereocenters. The van der Waals surface area contributed by atoms with Crippen molar-refractivity contribution in [2.45, 2.75) is 13.5 Å². The third-order valence-corrected chi connectivity index (χ3v) is 3.39. The van der Waals surface area contributed by atoms with Gasteiger partial charge in [-0.25, -0.2) is 4.79 Å². The smallest absolute Gasteiger partial charge is 0.407 e. The van der Waals surface area contributed by atoms with Crippen LogP contribution in [-0.4, -0.2) is 47.2 Å². The van der Waals surface area contributed by atoms with E-state index >= 15 is 0 Å². The van der Waals surface area contributed by atoms with E-state index in [-0.39, 0.29) is 0 Å². The zero-order valence-corrected chi connectivity index (χ0v) is 10.6. The lowest BCUT2D eigenvalue weighted by Crippen LogP contribution is -2.47. The summed E-state index contributed by atoms with van der Waals surface area (Å²) in [6, 6.07) is 6.10. The van der Waals surface area contributed by atoms with Crippen LogP contribution in [-0.2, 0) is 6.54 Å². The van der Waals surface area contributed by atoms with Crippen LogP contribution in [0.5, 0.6) is 0 Å². The summed E-state index contributed by atoms with van der Waals surface area (Å²) >= 11 is 0. The fraction of sp³-hybridized carbons (Fsp3) is 0.462. The Morgan fingerprint density at radius 3 is 2.56 bits per heavy atom. The number of nitrogen functional groups attached to an aromatic ring is 1. The number of carboxylic acid groups (broad SMARTS) is 1. The van der Waals surface area contributed by atoms with Crippen molar-refractivity contribution >= 4 is 11.8 Å². The number of carbonyl (C=O) groups is 1. The standard InChI is InChI=1S/C13H19N3O2/c1-10-2-3-11(8-12(10)14)9-15-4-6-16(7-5-15)13(17)18/h2-3,8H,4-7,9,14H2,1H3,(H,17,18). The highest BCUT2D eigenvalue weighted by Gasteiger charge is 2.20. The highest BCUT2D eigenvalue weighted by molar-refractivity contribution is 5.65.